The second kappa shape index (κ2) is 27.2. The standard InChI is InChI=1S/C48H68N8O13/c1-7-28(6)40(55-41(61)31(49)25-37(59)60)46(66)52-34(24-30-17-12-9-13-18-30)44(64)51-33(23-29-15-10-8-11-16-29)43(63)50-32(20-21-36(57)58)42(62)53-38(26(2)3)45(65)54-39(27(4)5)47(67)56-22-14-19-35(56)48(68)69/h8-13,15-18,26-28,31-35,38-40H,7,14,19-25,49H2,1-6H3,(H,50,63)(H,51,64)(H,52,66)(H,53,62)(H,54,65)(H,55,61)(H,57,58)(H,59,60)(H,68,69)/t28-,31-,32-,33-,34-,35-,38-,39-,40-/m0/s1. The molecule has 69 heavy (non-hydrogen) atoms. The third-order valence-corrected chi connectivity index (χ3v) is 11.9. The van der Waals surface area contributed by atoms with Crippen LogP contribution < -0.4 is 37.6 Å². The van der Waals surface area contributed by atoms with Crippen LogP contribution in [0, 0.1) is 17.8 Å². The molecular weight excluding hydrogens is 897 g/mol. The zero-order chi connectivity index (χ0) is 51.5. The molecule has 1 fully saturated rings. The number of carbonyl (C=O) groups excluding carboxylic acids is 7. The Bertz CT molecular complexity index is 2120. The van der Waals surface area contributed by atoms with Gasteiger partial charge in [0.2, 0.25) is 41.4 Å². The van der Waals surface area contributed by atoms with E-state index >= 15 is 0 Å². The van der Waals surface area contributed by atoms with E-state index < -0.39 is 145 Å². The molecule has 1 heterocycles. The molecule has 0 bridgehead atoms. The molecule has 0 aromatic heterocycles. The van der Waals surface area contributed by atoms with Crippen LogP contribution in [0.25, 0.3) is 0 Å². The normalized spacial score (nSPS) is 16.9. The Hall–Kier alpha value is -6.90. The number of hydrogen-bond acceptors (Lipinski definition) is 11. The maximum Gasteiger partial charge on any atom is 0.326 e. The van der Waals surface area contributed by atoms with E-state index in [0.717, 1.165) is 0 Å². The molecule has 1 saturated heterocycles. The van der Waals surface area contributed by atoms with Gasteiger partial charge in [0.1, 0.15) is 42.3 Å². The summed E-state index contributed by atoms with van der Waals surface area (Å²) in [5.74, 6) is -11.2. The van der Waals surface area contributed by atoms with Crippen molar-refractivity contribution in [3.63, 3.8) is 0 Å². The minimum absolute atomic E-state index is 0.0957. The van der Waals surface area contributed by atoms with Gasteiger partial charge in [-0.2, -0.15) is 0 Å². The van der Waals surface area contributed by atoms with Crippen molar-refractivity contribution in [3.05, 3.63) is 71.8 Å². The number of carboxylic acids is 3. The van der Waals surface area contributed by atoms with E-state index in [9.17, 15) is 58.2 Å². The molecule has 9 atom stereocenters. The molecule has 378 valence electrons. The van der Waals surface area contributed by atoms with Crippen molar-refractivity contribution < 1.29 is 63.3 Å². The first kappa shape index (κ1) is 56.4. The van der Waals surface area contributed by atoms with Gasteiger partial charge in [0.15, 0.2) is 0 Å². The summed E-state index contributed by atoms with van der Waals surface area (Å²) < 4.78 is 0. The number of carbonyl (C=O) groups is 10. The van der Waals surface area contributed by atoms with E-state index in [2.05, 4.69) is 31.9 Å². The molecule has 3 rings (SSSR count). The van der Waals surface area contributed by atoms with Gasteiger partial charge in [-0.05, 0) is 48.1 Å². The molecule has 0 spiro atoms. The molecule has 11 N–H and O–H groups in total. The molecule has 0 unspecified atom stereocenters. The number of likely N-dealkylation sites (tertiary alicyclic amines) is 1. The maximum absolute atomic E-state index is 14.4. The third-order valence-electron chi connectivity index (χ3n) is 11.9. The van der Waals surface area contributed by atoms with Gasteiger partial charge in [0, 0.05) is 25.8 Å². The topological polar surface area (TPSA) is 333 Å². The molecule has 0 aliphatic carbocycles. The molecular formula is C48H68N8O13. The van der Waals surface area contributed by atoms with E-state index in [0.29, 0.717) is 24.0 Å². The predicted octanol–water partition coefficient (Wildman–Crippen LogP) is 0.481. The van der Waals surface area contributed by atoms with Crippen LogP contribution in [0.4, 0.5) is 0 Å². The van der Waals surface area contributed by atoms with Crippen LogP contribution >= 0.6 is 0 Å². The van der Waals surface area contributed by atoms with Crippen molar-refractivity contribution in [2.75, 3.05) is 6.54 Å². The molecule has 1 aliphatic rings. The summed E-state index contributed by atoms with van der Waals surface area (Å²) in [6, 6.07) is 6.44. The lowest BCUT2D eigenvalue weighted by atomic mass is 9.96. The van der Waals surface area contributed by atoms with Crippen molar-refractivity contribution in [2.45, 2.75) is 141 Å². The number of nitrogens with two attached hydrogens (primary N) is 1. The Morgan fingerprint density at radius 3 is 1.51 bits per heavy atom. The van der Waals surface area contributed by atoms with Crippen LogP contribution in [0.1, 0.15) is 91.2 Å². The Kier molecular flexibility index (Phi) is 22.2. The molecule has 0 saturated carbocycles. The summed E-state index contributed by atoms with van der Waals surface area (Å²) >= 11 is 0. The Labute approximate surface area is 401 Å². The molecule has 2 aromatic rings. The van der Waals surface area contributed by atoms with Crippen LogP contribution in [0.2, 0.25) is 0 Å². The highest BCUT2D eigenvalue weighted by molar-refractivity contribution is 5.98. The van der Waals surface area contributed by atoms with Gasteiger partial charge in [-0.15, -0.1) is 0 Å². The lowest BCUT2D eigenvalue weighted by Crippen LogP contribution is -2.62. The second-order valence-corrected chi connectivity index (χ2v) is 18.1. The minimum atomic E-state index is -1.58. The van der Waals surface area contributed by atoms with E-state index in [1.807, 2.05) is 0 Å². The average Bonchev–Trinajstić information content (AvgIpc) is 3.80. The van der Waals surface area contributed by atoms with Crippen molar-refractivity contribution in [1.82, 2.24) is 36.8 Å². The van der Waals surface area contributed by atoms with Gasteiger partial charge in [0.25, 0.3) is 0 Å². The summed E-state index contributed by atoms with van der Waals surface area (Å²) in [4.78, 5) is 133. The third kappa shape index (κ3) is 17.6. The number of nitrogens with zero attached hydrogens (tertiary/aromatic N) is 1. The highest BCUT2D eigenvalue weighted by Crippen LogP contribution is 2.21. The van der Waals surface area contributed by atoms with Gasteiger partial charge in [-0.1, -0.05) is 109 Å². The number of benzene rings is 2. The number of amides is 7. The zero-order valence-electron chi connectivity index (χ0n) is 39.9. The fourth-order valence-corrected chi connectivity index (χ4v) is 7.72. The molecule has 7 amide bonds. The number of hydrogen-bond donors (Lipinski definition) is 10. The number of rotatable bonds is 27. The van der Waals surface area contributed by atoms with Crippen LogP contribution in [0.15, 0.2) is 60.7 Å². The predicted molar refractivity (Wildman–Crippen MR) is 250 cm³/mol. The molecule has 1 aliphatic heterocycles. The Morgan fingerprint density at radius 1 is 0.594 bits per heavy atom. The summed E-state index contributed by atoms with van der Waals surface area (Å²) in [6.45, 7) is 10.2. The fraction of sp³-hybridized carbons (Fsp3) is 0.542. The quantitative estimate of drug-likeness (QED) is 0.0583. The second-order valence-electron chi connectivity index (χ2n) is 18.1. The fourth-order valence-electron chi connectivity index (χ4n) is 7.72. The van der Waals surface area contributed by atoms with E-state index in [4.69, 9.17) is 10.8 Å². The van der Waals surface area contributed by atoms with Gasteiger partial charge in [-0.3, -0.25) is 43.2 Å². The first-order valence-electron chi connectivity index (χ1n) is 23.2. The highest BCUT2D eigenvalue weighted by atomic mass is 16.4. The lowest BCUT2D eigenvalue weighted by Gasteiger charge is -2.32. The highest BCUT2D eigenvalue weighted by Gasteiger charge is 2.40. The monoisotopic (exact) mass is 964 g/mol. The van der Waals surface area contributed by atoms with Gasteiger partial charge < -0.3 is 57.9 Å². The van der Waals surface area contributed by atoms with Gasteiger partial charge >= 0.3 is 17.9 Å². The van der Waals surface area contributed by atoms with Crippen LogP contribution in [-0.4, -0.2) is 134 Å². The lowest BCUT2D eigenvalue weighted by molar-refractivity contribution is -0.150. The number of carboxylic acid groups (broad SMARTS) is 3. The summed E-state index contributed by atoms with van der Waals surface area (Å²) in [6.07, 6.45) is -0.893. The molecule has 21 heteroatoms. The van der Waals surface area contributed by atoms with Crippen LogP contribution in [0.5, 0.6) is 0 Å². The summed E-state index contributed by atoms with van der Waals surface area (Å²) in [7, 11) is 0. The molecule has 0 radical (unpaired) electrons. The van der Waals surface area contributed by atoms with Crippen LogP contribution in [0.3, 0.4) is 0 Å². The summed E-state index contributed by atoms with van der Waals surface area (Å²) in [5, 5.41) is 44.2. The van der Waals surface area contributed by atoms with Crippen molar-refractivity contribution >= 4 is 59.3 Å². The first-order valence-corrected chi connectivity index (χ1v) is 23.2. The van der Waals surface area contributed by atoms with Gasteiger partial charge in [-0.25, -0.2) is 4.79 Å². The molecule has 21 nitrogen and oxygen atoms in total. The molecule has 2 aromatic carbocycles. The van der Waals surface area contributed by atoms with Crippen molar-refractivity contribution in [1.29, 1.82) is 0 Å². The van der Waals surface area contributed by atoms with Crippen molar-refractivity contribution in [2.24, 2.45) is 23.5 Å². The average molecular weight is 965 g/mol. The van der Waals surface area contributed by atoms with Crippen LogP contribution in [-0.2, 0) is 60.8 Å². The zero-order valence-corrected chi connectivity index (χ0v) is 39.9. The SMILES string of the molecule is CC[C@H](C)[C@H](NC(=O)[C@@H](N)CC(=O)O)C(=O)N[C@@H](Cc1ccccc1)C(=O)N[C@@H](Cc1ccccc1)C(=O)N[C@@H](CCC(=O)O)C(=O)N[C@H](C(=O)N[C@H](C(=O)N1CCC[C@H]1C(=O)O)C(C)C)C(C)C. The number of nitrogens with one attached hydrogen (secondary N) is 6. The van der Waals surface area contributed by atoms with E-state index in [1.165, 1.54) is 4.90 Å². The van der Waals surface area contributed by atoms with E-state index in [1.54, 1.807) is 102 Å². The first-order chi connectivity index (χ1) is 32.5. The van der Waals surface area contributed by atoms with Crippen molar-refractivity contribution in [3.8, 4) is 0 Å². The summed E-state index contributed by atoms with van der Waals surface area (Å²) in [5.41, 5.74) is 6.96. The Balaban J connectivity index is 1.94. The van der Waals surface area contributed by atoms with Gasteiger partial charge in [0.05, 0.1) is 12.5 Å². The number of aliphatic carboxylic acids is 3. The largest absolute Gasteiger partial charge is 0.481 e. The Morgan fingerprint density at radius 2 is 1.04 bits per heavy atom. The minimum Gasteiger partial charge on any atom is -0.481 e. The maximum atomic E-state index is 14.4. The smallest absolute Gasteiger partial charge is 0.326 e. The van der Waals surface area contributed by atoms with E-state index in [-0.39, 0.29) is 25.8 Å².